The lowest BCUT2D eigenvalue weighted by molar-refractivity contribution is 0.349. The van der Waals surface area contributed by atoms with Crippen molar-refractivity contribution < 1.29 is 5.11 Å². The SMILES string of the molecule is CC(C)CCCCCCCCCCCC=C[O]. The van der Waals surface area contributed by atoms with Crippen LogP contribution in [0.5, 0.6) is 0 Å². The highest BCUT2D eigenvalue weighted by atomic mass is 16.2. The second-order valence-corrected chi connectivity index (χ2v) is 5.52. The average Bonchev–Trinajstić information content (AvgIpc) is 2.30. The van der Waals surface area contributed by atoms with E-state index in [-0.39, 0.29) is 0 Å². The predicted octanol–water partition coefficient (Wildman–Crippen LogP) is 5.88. The summed E-state index contributed by atoms with van der Waals surface area (Å²) in [6.07, 6.45) is 17.3. The standard InChI is InChI=1S/C16H31O/c1-16(2)14-12-10-8-6-4-3-5-7-9-11-13-15-17/h13,15-16H,3-12,14H2,1-2H3. The second kappa shape index (κ2) is 13.6. The van der Waals surface area contributed by atoms with E-state index in [1.54, 1.807) is 6.08 Å². The van der Waals surface area contributed by atoms with Crippen LogP contribution in [0.25, 0.3) is 0 Å². The van der Waals surface area contributed by atoms with E-state index < -0.39 is 0 Å². The molecule has 0 aromatic carbocycles. The largest absolute Gasteiger partial charge is 0.299 e. The molecule has 0 N–H and O–H groups in total. The van der Waals surface area contributed by atoms with Crippen molar-refractivity contribution in [2.45, 2.75) is 84.5 Å². The van der Waals surface area contributed by atoms with Crippen molar-refractivity contribution in [1.82, 2.24) is 0 Å². The molecule has 0 bridgehead atoms. The lowest BCUT2D eigenvalue weighted by Crippen LogP contribution is -1.87. The third-order valence-electron chi connectivity index (χ3n) is 3.25. The summed E-state index contributed by atoms with van der Waals surface area (Å²) in [5.74, 6) is 0.873. The molecule has 0 aliphatic carbocycles. The molecule has 1 nitrogen and oxygen atoms in total. The van der Waals surface area contributed by atoms with Gasteiger partial charge < -0.3 is 0 Å². The molecule has 17 heavy (non-hydrogen) atoms. The van der Waals surface area contributed by atoms with Crippen molar-refractivity contribution in [3.05, 3.63) is 12.3 Å². The van der Waals surface area contributed by atoms with Crippen molar-refractivity contribution in [2.75, 3.05) is 0 Å². The highest BCUT2D eigenvalue weighted by molar-refractivity contribution is 4.70. The molecule has 0 aromatic rings. The van der Waals surface area contributed by atoms with Crippen molar-refractivity contribution in [3.8, 4) is 0 Å². The number of unbranched alkanes of at least 4 members (excludes halogenated alkanes) is 9. The molecule has 1 heteroatoms. The molecule has 0 spiro atoms. The highest BCUT2D eigenvalue weighted by Crippen LogP contribution is 2.13. The van der Waals surface area contributed by atoms with Gasteiger partial charge in [-0.3, -0.25) is 5.11 Å². The first kappa shape index (κ1) is 16.5. The number of rotatable bonds is 12. The zero-order chi connectivity index (χ0) is 12.8. The molecule has 0 aliphatic rings. The molecule has 0 aromatic heterocycles. The fourth-order valence-electron chi connectivity index (χ4n) is 2.12. The Hall–Kier alpha value is -0.460. The molecule has 0 heterocycles. The normalized spacial score (nSPS) is 11.7. The molecule has 0 rings (SSSR count). The van der Waals surface area contributed by atoms with E-state index in [2.05, 4.69) is 13.8 Å². The van der Waals surface area contributed by atoms with E-state index in [9.17, 15) is 5.11 Å². The maximum atomic E-state index is 10.1. The van der Waals surface area contributed by atoms with E-state index >= 15 is 0 Å². The summed E-state index contributed by atoms with van der Waals surface area (Å²) in [5.41, 5.74) is 0. The van der Waals surface area contributed by atoms with Gasteiger partial charge in [0.05, 0.1) is 0 Å². The fraction of sp³-hybridized carbons (Fsp3) is 0.875. The number of allylic oxidation sites excluding steroid dienone is 1. The minimum atomic E-state index is 0.873. The van der Waals surface area contributed by atoms with Crippen LogP contribution >= 0.6 is 0 Å². The number of hydrogen-bond donors (Lipinski definition) is 0. The van der Waals surface area contributed by atoms with Crippen LogP contribution in [0.1, 0.15) is 84.5 Å². The van der Waals surface area contributed by atoms with Gasteiger partial charge in [-0.25, -0.2) is 0 Å². The first-order valence-electron chi connectivity index (χ1n) is 7.54. The summed E-state index contributed by atoms with van der Waals surface area (Å²) >= 11 is 0. The molecule has 0 saturated carbocycles. The van der Waals surface area contributed by atoms with E-state index in [0.717, 1.165) is 18.6 Å². The first-order valence-corrected chi connectivity index (χ1v) is 7.54. The zero-order valence-corrected chi connectivity index (χ0v) is 11.9. The fourth-order valence-corrected chi connectivity index (χ4v) is 2.12. The van der Waals surface area contributed by atoms with E-state index in [1.165, 1.54) is 64.2 Å². The first-order chi connectivity index (χ1) is 8.27. The Morgan fingerprint density at radius 3 is 1.71 bits per heavy atom. The molecular formula is C16H31O. The van der Waals surface area contributed by atoms with Crippen molar-refractivity contribution >= 4 is 0 Å². The van der Waals surface area contributed by atoms with Crippen molar-refractivity contribution in [3.63, 3.8) is 0 Å². The summed E-state index contributed by atoms with van der Waals surface area (Å²) < 4.78 is 0. The van der Waals surface area contributed by atoms with Crippen LogP contribution in [0.2, 0.25) is 0 Å². The van der Waals surface area contributed by atoms with Gasteiger partial charge in [0.25, 0.3) is 0 Å². The van der Waals surface area contributed by atoms with Gasteiger partial charge in [-0.15, -0.1) is 0 Å². The topological polar surface area (TPSA) is 19.9 Å². The van der Waals surface area contributed by atoms with Crippen molar-refractivity contribution in [1.29, 1.82) is 0 Å². The Morgan fingerprint density at radius 1 is 0.765 bits per heavy atom. The van der Waals surface area contributed by atoms with Crippen LogP contribution in [0.4, 0.5) is 0 Å². The van der Waals surface area contributed by atoms with Crippen LogP contribution in [-0.2, 0) is 5.11 Å². The van der Waals surface area contributed by atoms with Gasteiger partial charge in [0.1, 0.15) is 6.26 Å². The molecule has 0 fully saturated rings. The smallest absolute Gasteiger partial charge is 0.138 e. The molecule has 0 unspecified atom stereocenters. The van der Waals surface area contributed by atoms with Gasteiger partial charge >= 0.3 is 0 Å². The Morgan fingerprint density at radius 2 is 1.24 bits per heavy atom. The minimum absolute atomic E-state index is 0.873. The number of hydrogen-bond acceptors (Lipinski definition) is 0. The van der Waals surface area contributed by atoms with Crippen LogP contribution in [0, 0.1) is 5.92 Å². The van der Waals surface area contributed by atoms with Crippen LogP contribution < -0.4 is 0 Å². The molecule has 0 saturated heterocycles. The molecule has 1 radical (unpaired) electrons. The summed E-state index contributed by atoms with van der Waals surface area (Å²) in [7, 11) is 0. The molecule has 0 aliphatic heterocycles. The van der Waals surface area contributed by atoms with Gasteiger partial charge in [0.15, 0.2) is 0 Å². The van der Waals surface area contributed by atoms with Crippen molar-refractivity contribution in [2.24, 2.45) is 5.92 Å². The lowest BCUT2D eigenvalue weighted by atomic mass is 10.0. The summed E-state index contributed by atoms with van der Waals surface area (Å²) in [4.78, 5) is 0. The Bertz CT molecular complexity index is 161. The molecule has 0 atom stereocenters. The Labute approximate surface area is 108 Å². The summed E-state index contributed by atoms with van der Waals surface area (Å²) in [5, 5.41) is 10.1. The molecule has 0 amide bonds. The average molecular weight is 239 g/mol. The quantitative estimate of drug-likeness (QED) is 0.299. The lowest BCUT2D eigenvalue weighted by Gasteiger charge is -2.04. The van der Waals surface area contributed by atoms with Crippen LogP contribution in [0.3, 0.4) is 0 Å². The second-order valence-electron chi connectivity index (χ2n) is 5.52. The van der Waals surface area contributed by atoms with Crippen LogP contribution in [0.15, 0.2) is 12.3 Å². The van der Waals surface area contributed by atoms with Crippen LogP contribution in [-0.4, -0.2) is 0 Å². The molecular weight excluding hydrogens is 208 g/mol. The van der Waals surface area contributed by atoms with E-state index in [0.29, 0.717) is 0 Å². The predicted molar refractivity (Wildman–Crippen MR) is 75.5 cm³/mol. The monoisotopic (exact) mass is 239 g/mol. The molecule has 101 valence electrons. The summed E-state index contributed by atoms with van der Waals surface area (Å²) in [6.45, 7) is 4.62. The van der Waals surface area contributed by atoms with Gasteiger partial charge in [-0.05, 0) is 24.8 Å². The third-order valence-corrected chi connectivity index (χ3v) is 3.25. The van der Waals surface area contributed by atoms with Gasteiger partial charge in [0, 0.05) is 0 Å². The van der Waals surface area contributed by atoms with Gasteiger partial charge in [-0.2, -0.15) is 0 Å². The Balaban J connectivity index is 2.94. The van der Waals surface area contributed by atoms with Gasteiger partial charge in [0.2, 0.25) is 0 Å². The minimum Gasteiger partial charge on any atom is -0.299 e. The van der Waals surface area contributed by atoms with E-state index in [4.69, 9.17) is 0 Å². The van der Waals surface area contributed by atoms with Gasteiger partial charge in [-0.1, -0.05) is 71.6 Å². The highest BCUT2D eigenvalue weighted by Gasteiger charge is 1.95. The maximum absolute atomic E-state index is 10.1. The zero-order valence-electron chi connectivity index (χ0n) is 11.9. The summed E-state index contributed by atoms with van der Waals surface area (Å²) in [6, 6.07) is 0. The third kappa shape index (κ3) is 15.5. The van der Waals surface area contributed by atoms with E-state index in [1.807, 2.05) is 0 Å². The Kier molecular flexibility index (Phi) is 13.2. The maximum Gasteiger partial charge on any atom is 0.138 e.